The van der Waals surface area contributed by atoms with Crippen LogP contribution in [-0.4, -0.2) is 26.8 Å². The smallest absolute Gasteiger partial charge is 0.210 e. The minimum Gasteiger partial charge on any atom is -0.330 e. The van der Waals surface area contributed by atoms with Crippen LogP contribution in [0.25, 0.3) is 0 Å². The average Bonchev–Trinajstić information content (AvgIpc) is 2.00. The molecule has 0 rings (SSSR count). The summed E-state index contributed by atoms with van der Waals surface area (Å²) in [4.78, 5) is 3.75. The van der Waals surface area contributed by atoms with Gasteiger partial charge in [0.05, 0.1) is 6.34 Å². The molecule has 0 aliphatic rings. The second-order valence-electron chi connectivity index (χ2n) is 1.38. The van der Waals surface area contributed by atoms with Gasteiger partial charge in [-0.2, -0.15) is 0 Å². The Hall–Kier alpha value is 0.430. The molecule has 0 aromatic heterocycles. The van der Waals surface area contributed by atoms with Gasteiger partial charge in [-0.3, -0.25) is 4.99 Å². The van der Waals surface area contributed by atoms with Crippen molar-refractivity contribution in [2.45, 2.75) is 0 Å². The fourth-order valence-electron chi connectivity index (χ4n) is 0.308. The normalized spacial score (nSPS) is 17.1. The lowest BCUT2D eigenvalue weighted by atomic mass is 11.3. The number of rotatable bonds is 4. The fraction of sp³-hybridized carbons (Fsp3) is 0.750. The zero-order valence-corrected chi connectivity index (χ0v) is 8.72. The van der Waals surface area contributed by atoms with Crippen molar-refractivity contribution in [3.63, 3.8) is 0 Å². The van der Waals surface area contributed by atoms with Crippen LogP contribution in [0, 0.1) is 0 Å². The van der Waals surface area contributed by atoms with Crippen molar-refractivity contribution in [2.75, 3.05) is 20.4 Å². The van der Waals surface area contributed by atoms with Gasteiger partial charge >= 0.3 is 0 Å². The summed E-state index contributed by atoms with van der Waals surface area (Å²) in [7, 11) is 3.29. The minimum atomic E-state index is -1.85. The molecule has 1 unspecified atom stereocenters. The van der Waals surface area contributed by atoms with E-state index in [1.165, 1.54) is 11.4 Å². The summed E-state index contributed by atoms with van der Waals surface area (Å²) >= 11 is 6.63. The van der Waals surface area contributed by atoms with E-state index in [0.717, 1.165) is 0 Å². The molecule has 0 aromatic rings. The molecule has 0 bridgehead atoms. The first-order valence-corrected chi connectivity index (χ1v) is 7.13. The molecule has 0 fully saturated rings. The van der Waals surface area contributed by atoms with Crippen LogP contribution in [0.15, 0.2) is 4.99 Å². The Morgan fingerprint density at radius 2 is 2.40 bits per heavy atom. The van der Waals surface area contributed by atoms with Crippen molar-refractivity contribution in [1.29, 1.82) is 0 Å². The van der Waals surface area contributed by atoms with Crippen LogP contribution in [0.4, 0.5) is 0 Å². The van der Waals surface area contributed by atoms with E-state index in [0.29, 0.717) is 0 Å². The summed E-state index contributed by atoms with van der Waals surface area (Å²) in [5.74, 6) is 0. The molecule has 0 aliphatic heterocycles. The summed E-state index contributed by atoms with van der Waals surface area (Å²) in [5.41, 5.74) is -1.85. The lowest BCUT2D eigenvalue weighted by Gasteiger charge is -2.15. The van der Waals surface area contributed by atoms with Gasteiger partial charge in [-0.25, -0.2) is 0 Å². The molecular formula is C4H11N2OPS2. The predicted octanol–water partition coefficient (Wildman–Crippen LogP) is 1.47. The Bertz CT molecular complexity index is 153. The average molecular weight is 198 g/mol. The summed E-state index contributed by atoms with van der Waals surface area (Å²) in [6.07, 6.45) is 3.49. The molecule has 0 aromatic carbocycles. The highest BCUT2D eigenvalue weighted by molar-refractivity contribution is 8.68. The van der Waals surface area contributed by atoms with E-state index in [4.69, 9.17) is 16.3 Å². The molecule has 0 amide bonds. The van der Waals surface area contributed by atoms with Gasteiger partial charge in [0.25, 0.3) is 0 Å². The molecule has 0 aliphatic carbocycles. The van der Waals surface area contributed by atoms with E-state index in [1.54, 1.807) is 20.5 Å². The zero-order chi connectivity index (χ0) is 8.04. The number of nitrogens with one attached hydrogen (secondary N) is 1. The van der Waals surface area contributed by atoms with E-state index in [1.807, 2.05) is 6.26 Å². The second-order valence-corrected chi connectivity index (χ2v) is 8.24. The van der Waals surface area contributed by atoms with Crippen molar-refractivity contribution >= 4 is 35.1 Å². The largest absolute Gasteiger partial charge is 0.330 e. The van der Waals surface area contributed by atoms with Gasteiger partial charge < -0.3 is 9.61 Å². The molecule has 0 radical (unpaired) electrons. The molecular weight excluding hydrogens is 187 g/mol. The highest BCUT2D eigenvalue weighted by atomic mass is 32.9. The minimum absolute atomic E-state index is 1.51. The van der Waals surface area contributed by atoms with Gasteiger partial charge in [0.2, 0.25) is 5.62 Å². The Balaban J connectivity index is 3.94. The first kappa shape index (κ1) is 10.4. The fourth-order valence-corrected chi connectivity index (χ4v) is 1.97. The summed E-state index contributed by atoms with van der Waals surface area (Å²) in [6, 6.07) is 0. The van der Waals surface area contributed by atoms with Crippen LogP contribution in [-0.2, 0) is 16.3 Å². The van der Waals surface area contributed by atoms with Crippen LogP contribution < -0.4 is 5.09 Å². The maximum Gasteiger partial charge on any atom is 0.210 e. The first-order chi connectivity index (χ1) is 4.68. The third kappa shape index (κ3) is 3.56. The lowest BCUT2D eigenvalue weighted by Crippen LogP contribution is -2.05. The van der Waals surface area contributed by atoms with E-state index < -0.39 is 5.62 Å². The lowest BCUT2D eigenvalue weighted by molar-refractivity contribution is 0.468. The van der Waals surface area contributed by atoms with E-state index in [-0.39, 0.29) is 0 Å². The molecule has 0 heterocycles. The van der Waals surface area contributed by atoms with Crippen LogP contribution in [0.3, 0.4) is 0 Å². The van der Waals surface area contributed by atoms with Gasteiger partial charge in [0.15, 0.2) is 0 Å². The van der Waals surface area contributed by atoms with E-state index in [2.05, 4.69) is 10.1 Å². The Morgan fingerprint density at radius 1 is 1.80 bits per heavy atom. The number of hydrogen-bond donors (Lipinski definition) is 1. The van der Waals surface area contributed by atoms with Gasteiger partial charge in [-0.05, 0) is 18.1 Å². The Kier molecular flexibility index (Phi) is 5.35. The van der Waals surface area contributed by atoms with Crippen LogP contribution in [0.2, 0.25) is 0 Å². The molecule has 1 N–H and O–H groups in total. The standard InChI is InChI=1S/C4H11N2OPS2/c1-5-4-6-8(9,7-2)10-3/h4H,1-3H3,(H,5,6,9). The van der Waals surface area contributed by atoms with Crippen molar-refractivity contribution in [2.24, 2.45) is 4.99 Å². The van der Waals surface area contributed by atoms with Gasteiger partial charge in [-0.15, -0.1) is 0 Å². The van der Waals surface area contributed by atoms with Gasteiger partial charge in [-0.1, -0.05) is 11.4 Å². The Morgan fingerprint density at radius 3 is 2.70 bits per heavy atom. The molecule has 60 valence electrons. The van der Waals surface area contributed by atoms with Crippen molar-refractivity contribution in [3.05, 3.63) is 0 Å². The highest BCUT2D eigenvalue weighted by Gasteiger charge is 2.10. The highest BCUT2D eigenvalue weighted by Crippen LogP contribution is 2.53. The summed E-state index contributed by atoms with van der Waals surface area (Å²) < 4.78 is 5.08. The third-order valence-corrected chi connectivity index (χ3v) is 6.53. The molecule has 0 saturated heterocycles. The van der Waals surface area contributed by atoms with Gasteiger partial charge in [0.1, 0.15) is 0 Å². The molecule has 0 saturated carbocycles. The summed E-state index contributed by atoms with van der Waals surface area (Å²) in [5, 5.41) is 2.92. The Labute approximate surface area is 70.5 Å². The maximum absolute atomic E-state index is 5.12. The van der Waals surface area contributed by atoms with E-state index in [9.17, 15) is 0 Å². The van der Waals surface area contributed by atoms with Crippen molar-refractivity contribution in [1.82, 2.24) is 5.09 Å². The first-order valence-electron chi connectivity index (χ1n) is 2.58. The molecule has 6 heteroatoms. The second kappa shape index (κ2) is 5.13. The monoisotopic (exact) mass is 198 g/mol. The van der Waals surface area contributed by atoms with Crippen LogP contribution in [0.1, 0.15) is 0 Å². The topological polar surface area (TPSA) is 33.6 Å². The van der Waals surface area contributed by atoms with Crippen molar-refractivity contribution in [3.8, 4) is 0 Å². The van der Waals surface area contributed by atoms with Crippen LogP contribution in [0.5, 0.6) is 0 Å². The predicted molar refractivity (Wildman–Crippen MR) is 52.4 cm³/mol. The van der Waals surface area contributed by atoms with Gasteiger partial charge in [0, 0.05) is 14.2 Å². The van der Waals surface area contributed by atoms with Crippen LogP contribution >= 0.6 is 17.0 Å². The van der Waals surface area contributed by atoms with E-state index >= 15 is 0 Å². The maximum atomic E-state index is 5.12. The molecule has 0 spiro atoms. The number of aliphatic imine (C=N–C) groups is 1. The zero-order valence-electron chi connectivity index (χ0n) is 6.20. The number of hydrogen-bond acceptors (Lipinski definition) is 4. The third-order valence-electron chi connectivity index (χ3n) is 0.826. The molecule has 3 nitrogen and oxygen atoms in total. The quantitative estimate of drug-likeness (QED) is 0.421. The summed E-state index contributed by atoms with van der Waals surface area (Å²) in [6.45, 7) is 0. The number of nitrogens with zero attached hydrogens (tertiary/aromatic N) is 1. The molecule has 1 atom stereocenters. The van der Waals surface area contributed by atoms with Crippen molar-refractivity contribution < 1.29 is 4.52 Å². The SMILES string of the molecule is C/N=C/NP(=S)(OC)SC. The molecule has 10 heavy (non-hydrogen) atoms.